The molecule has 0 spiro atoms. The van der Waals surface area contributed by atoms with Crippen LogP contribution in [0.1, 0.15) is 24.8 Å². The van der Waals surface area contributed by atoms with Crippen LogP contribution in [0.15, 0.2) is 24.3 Å². The zero-order valence-electron chi connectivity index (χ0n) is 12.0. The van der Waals surface area contributed by atoms with Gasteiger partial charge in [-0.1, -0.05) is 18.2 Å². The fourth-order valence-electron chi connectivity index (χ4n) is 3.23. The van der Waals surface area contributed by atoms with Crippen LogP contribution in [0.25, 0.3) is 0 Å². The fourth-order valence-corrected chi connectivity index (χ4v) is 3.23. The van der Waals surface area contributed by atoms with Crippen molar-refractivity contribution in [1.29, 1.82) is 0 Å². The third-order valence-corrected chi connectivity index (χ3v) is 4.66. The number of para-hydroxylation sites is 1. The maximum atomic E-state index is 11.1. The highest BCUT2D eigenvalue weighted by Gasteiger charge is 2.47. The molecule has 1 aromatic rings. The summed E-state index contributed by atoms with van der Waals surface area (Å²) in [4.78, 5) is 15.9. The van der Waals surface area contributed by atoms with Crippen LogP contribution in [0, 0.1) is 0 Å². The van der Waals surface area contributed by atoms with Crippen molar-refractivity contribution in [2.75, 3.05) is 38.1 Å². The summed E-state index contributed by atoms with van der Waals surface area (Å²) in [7, 11) is 2.15. The van der Waals surface area contributed by atoms with E-state index in [-0.39, 0.29) is 11.8 Å². The quantitative estimate of drug-likeness (QED) is 0.911. The van der Waals surface area contributed by atoms with Gasteiger partial charge in [-0.15, -0.1) is 0 Å². The lowest BCUT2D eigenvalue weighted by Crippen LogP contribution is -2.45. The first-order valence-electron chi connectivity index (χ1n) is 7.36. The molecule has 20 heavy (non-hydrogen) atoms. The van der Waals surface area contributed by atoms with Gasteiger partial charge in [0, 0.05) is 37.3 Å². The van der Waals surface area contributed by atoms with Crippen LogP contribution >= 0.6 is 0 Å². The molecule has 0 bridgehead atoms. The lowest BCUT2D eigenvalue weighted by Gasteiger charge is -2.36. The molecule has 4 heteroatoms. The van der Waals surface area contributed by atoms with Gasteiger partial charge in [-0.05, 0) is 31.5 Å². The van der Waals surface area contributed by atoms with Crippen molar-refractivity contribution >= 4 is 11.7 Å². The van der Waals surface area contributed by atoms with Crippen LogP contribution in [-0.4, -0.2) is 49.2 Å². The standard InChI is InChI=1S/C16H22N2O2/c1-17-8-10-18(11-9-17)14-5-3-2-4-13(14)16(6-7-16)12-15(19)20/h2-5H,6-12H2,1H3,(H,19,20). The molecule has 0 atom stereocenters. The van der Waals surface area contributed by atoms with E-state index in [0.29, 0.717) is 0 Å². The molecule has 1 heterocycles. The van der Waals surface area contributed by atoms with Crippen LogP contribution < -0.4 is 4.90 Å². The van der Waals surface area contributed by atoms with Crippen LogP contribution in [0.5, 0.6) is 0 Å². The van der Waals surface area contributed by atoms with E-state index in [2.05, 4.69) is 35.0 Å². The number of nitrogens with zero attached hydrogens (tertiary/aromatic N) is 2. The van der Waals surface area contributed by atoms with Crippen molar-refractivity contribution in [2.24, 2.45) is 0 Å². The summed E-state index contributed by atoms with van der Waals surface area (Å²) in [6.07, 6.45) is 2.27. The molecule has 0 amide bonds. The van der Waals surface area contributed by atoms with Crippen molar-refractivity contribution in [3.8, 4) is 0 Å². The molecule has 3 rings (SSSR count). The van der Waals surface area contributed by atoms with Gasteiger partial charge in [0.2, 0.25) is 0 Å². The van der Waals surface area contributed by atoms with E-state index in [1.807, 2.05) is 6.07 Å². The molecule has 1 saturated heterocycles. The van der Waals surface area contributed by atoms with Crippen molar-refractivity contribution in [2.45, 2.75) is 24.7 Å². The highest BCUT2D eigenvalue weighted by atomic mass is 16.4. The van der Waals surface area contributed by atoms with E-state index >= 15 is 0 Å². The predicted molar refractivity (Wildman–Crippen MR) is 79.3 cm³/mol. The molecule has 1 aromatic carbocycles. The third-order valence-electron chi connectivity index (χ3n) is 4.66. The highest BCUT2D eigenvalue weighted by molar-refractivity contribution is 5.72. The van der Waals surface area contributed by atoms with E-state index in [1.54, 1.807) is 0 Å². The number of anilines is 1. The highest BCUT2D eigenvalue weighted by Crippen LogP contribution is 2.53. The molecule has 1 aliphatic heterocycles. The molecular formula is C16H22N2O2. The number of rotatable bonds is 4. The van der Waals surface area contributed by atoms with E-state index in [4.69, 9.17) is 5.11 Å². The first-order valence-corrected chi connectivity index (χ1v) is 7.36. The first-order chi connectivity index (χ1) is 9.61. The number of aliphatic carboxylic acids is 1. The van der Waals surface area contributed by atoms with Gasteiger partial charge < -0.3 is 14.9 Å². The average molecular weight is 274 g/mol. The zero-order chi connectivity index (χ0) is 14.2. The first kappa shape index (κ1) is 13.4. The van der Waals surface area contributed by atoms with Crippen LogP contribution in [0.2, 0.25) is 0 Å². The fraction of sp³-hybridized carbons (Fsp3) is 0.562. The number of piperazine rings is 1. The summed E-state index contributed by atoms with van der Waals surface area (Å²) in [5, 5.41) is 9.17. The Bertz CT molecular complexity index is 503. The number of likely N-dealkylation sites (N-methyl/N-ethyl adjacent to an activating group) is 1. The summed E-state index contributed by atoms with van der Waals surface area (Å²) >= 11 is 0. The SMILES string of the molecule is CN1CCN(c2ccccc2C2(CC(=O)O)CC2)CC1. The number of carboxylic acid groups (broad SMARTS) is 1. The Morgan fingerprint density at radius 2 is 1.85 bits per heavy atom. The Hall–Kier alpha value is -1.55. The minimum atomic E-state index is -0.685. The summed E-state index contributed by atoms with van der Waals surface area (Å²) in [6.45, 7) is 4.19. The number of hydrogen-bond acceptors (Lipinski definition) is 3. The second kappa shape index (κ2) is 5.09. The van der Waals surface area contributed by atoms with Gasteiger partial charge in [0.15, 0.2) is 0 Å². The number of carboxylic acids is 1. The Morgan fingerprint density at radius 3 is 2.45 bits per heavy atom. The maximum absolute atomic E-state index is 11.1. The second-order valence-corrected chi connectivity index (χ2v) is 6.16. The molecule has 1 saturated carbocycles. The minimum absolute atomic E-state index is 0.105. The molecule has 0 unspecified atom stereocenters. The van der Waals surface area contributed by atoms with E-state index in [1.165, 1.54) is 11.3 Å². The lowest BCUT2D eigenvalue weighted by atomic mass is 9.90. The molecule has 2 fully saturated rings. The lowest BCUT2D eigenvalue weighted by molar-refractivity contribution is -0.137. The maximum Gasteiger partial charge on any atom is 0.304 e. The Labute approximate surface area is 120 Å². The largest absolute Gasteiger partial charge is 0.481 e. The average Bonchev–Trinajstić information content (AvgIpc) is 3.20. The smallest absolute Gasteiger partial charge is 0.304 e. The molecule has 1 aliphatic carbocycles. The summed E-state index contributed by atoms with van der Waals surface area (Å²) in [6, 6.07) is 8.39. The zero-order valence-corrected chi connectivity index (χ0v) is 12.0. The Balaban J connectivity index is 1.87. The number of hydrogen-bond donors (Lipinski definition) is 1. The molecule has 0 radical (unpaired) electrons. The van der Waals surface area contributed by atoms with Gasteiger partial charge in [0.1, 0.15) is 0 Å². The van der Waals surface area contributed by atoms with Crippen LogP contribution in [-0.2, 0) is 10.2 Å². The Kier molecular flexibility index (Phi) is 3.42. The molecule has 1 N–H and O–H groups in total. The van der Waals surface area contributed by atoms with Crippen molar-refractivity contribution in [3.05, 3.63) is 29.8 Å². The van der Waals surface area contributed by atoms with Crippen LogP contribution in [0.4, 0.5) is 5.69 Å². The normalized spacial score (nSPS) is 21.8. The van der Waals surface area contributed by atoms with Crippen molar-refractivity contribution < 1.29 is 9.90 Å². The van der Waals surface area contributed by atoms with Gasteiger partial charge in [-0.3, -0.25) is 4.79 Å². The van der Waals surface area contributed by atoms with E-state index in [0.717, 1.165) is 39.0 Å². The van der Waals surface area contributed by atoms with Crippen molar-refractivity contribution in [1.82, 2.24) is 4.90 Å². The van der Waals surface area contributed by atoms with Crippen LogP contribution in [0.3, 0.4) is 0 Å². The Morgan fingerprint density at radius 1 is 1.20 bits per heavy atom. The van der Waals surface area contributed by atoms with E-state index < -0.39 is 5.97 Å². The molecular weight excluding hydrogens is 252 g/mol. The third kappa shape index (κ3) is 2.52. The topological polar surface area (TPSA) is 43.8 Å². The molecule has 0 aromatic heterocycles. The minimum Gasteiger partial charge on any atom is -0.481 e. The number of carbonyl (C=O) groups is 1. The van der Waals surface area contributed by atoms with Gasteiger partial charge >= 0.3 is 5.97 Å². The van der Waals surface area contributed by atoms with Gasteiger partial charge in [-0.2, -0.15) is 0 Å². The van der Waals surface area contributed by atoms with Crippen molar-refractivity contribution in [3.63, 3.8) is 0 Å². The molecule has 108 valence electrons. The van der Waals surface area contributed by atoms with E-state index in [9.17, 15) is 4.79 Å². The van der Waals surface area contributed by atoms with Gasteiger partial charge in [-0.25, -0.2) is 0 Å². The summed E-state index contributed by atoms with van der Waals surface area (Å²) in [5.41, 5.74) is 2.39. The predicted octanol–water partition coefficient (Wildman–Crippen LogP) is 1.94. The van der Waals surface area contributed by atoms with Gasteiger partial charge in [0.25, 0.3) is 0 Å². The summed E-state index contributed by atoms with van der Waals surface area (Å²) < 4.78 is 0. The molecule has 4 nitrogen and oxygen atoms in total. The van der Waals surface area contributed by atoms with Gasteiger partial charge in [0.05, 0.1) is 6.42 Å². The number of benzene rings is 1. The monoisotopic (exact) mass is 274 g/mol. The molecule has 2 aliphatic rings. The summed E-state index contributed by atoms with van der Waals surface area (Å²) in [5.74, 6) is -0.685. The second-order valence-electron chi connectivity index (χ2n) is 6.16.